The van der Waals surface area contributed by atoms with Crippen molar-refractivity contribution in [3.8, 4) is 5.75 Å². The SMILES string of the molecule is CC[C@@H]1C[C@@H](Oc2ccc(S(=O)(=O)Nc3cscn3)cc2Cl)CCN1Cc1cccc(C(F)F)c1. The molecule has 3 aromatic rings. The minimum Gasteiger partial charge on any atom is -0.489 e. The summed E-state index contributed by atoms with van der Waals surface area (Å²) in [6, 6.07) is 11.2. The van der Waals surface area contributed by atoms with E-state index in [1.54, 1.807) is 23.6 Å². The van der Waals surface area contributed by atoms with Crippen LogP contribution in [0.25, 0.3) is 0 Å². The van der Waals surface area contributed by atoms with E-state index >= 15 is 0 Å². The molecule has 35 heavy (non-hydrogen) atoms. The molecule has 188 valence electrons. The molecule has 0 spiro atoms. The number of piperidine rings is 1. The van der Waals surface area contributed by atoms with Crippen molar-refractivity contribution in [2.75, 3.05) is 11.3 Å². The number of benzene rings is 2. The predicted octanol–water partition coefficient (Wildman–Crippen LogP) is 6.36. The summed E-state index contributed by atoms with van der Waals surface area (Å²) in [6.45, 7) is 3.45. The molecule has 0 amide bonds. The van der Waals surface area contributed by atoms with Gasteiger partial charge in [0.05, 0.1) is 15.4 Å². The molecule has 0 aliphatic carbocycles. The number of likely N-dealkylation sites (tertiary alicyclic amines) is 1. The van der Waals surface area contributed by atoms with Gasteiger partial charge in [0.15, 0.2) is 5.82 Å². The molecule has 2 aromatic carbocycles. The van der Waals surface area contributed by atoms with Gasteiger partial charge in [-0.3, -0.25) is 9.62 Å². The van der Waals surface area contributed by atoms with Gasteiger partial charge in [0.25, 0.3) is 16.4 Å². The number of hydrogen-bond donors (Lipinski definition) is 1. The van der Waals surface area contributed by atoms with Crippen molar-refractivity contribution in [3.63, 3.8) is 0 Å². The van der Waals surface area contributed by atoms with Gasteiger partial charge in [-0.05, 0) is 49.1 Å². The molecule has 1 saturated heterocycles. The van der Waals surface area contributed by atoms with Crippen LogP contribution < -0.4 is 9.46 Å². The van der Waals surface area contributed by atoms with E-state index in [4.69, 9.17) is 16.3 Å². The van der Waals surface area contributed by atoms with Gasteiger partial charge in [-0.25, -0.2) is 22.2 Å². The molecule has 0 saturated carbocycles. The first-order chi connectivity index (χ1) is 16.7. The molecule has 1 aromatic heterocycles. The fourth-order valence-corrected chi connectivity index (χ4v) is 6.12. The van der Waals surface area contributed by atoms with Gasteiger partial charge in [0.1, 0.15) is 11.9 Å². The third kappa shape index (κ3) is 6.49. The van der Waals surface area contributed by atoms with Crippen molar-refractivity contribution in [2.45, 2.75) is 56.2 Å². The highest BCUT2D eigenvalue weighted by atomic mass is 35.5. The number of thiazole rings is 1. The van der Waals surface area contributed by atoms with Crippen molar-refractivity contribution in [1.29, 1.82) is 0 Å². The summed E-state index contributed by atoms with van der Waals surface area (Å²) in [7, 11) is -3.81. The predicted molar refractivity (Wildman–Crippen MR) is 134 cm³/mol. The highest BCUT2D eigenvalue weighted by molar-refractivity contribution is 7.92. The van der Waals surface area contributed by atoms with E-state index in [-0.39, 0.29) is 33.4 Å². The average Bonchev–Trinajstić information content (AvgIpc) is 3.33. The molecule has 2 heterocycles. The molecule has 11 heteroatoms. The molecule has 4 rings (SSSR count). The molecular formula is C24H26ClF2N3O3S2. The van der Waals surface area contributed by atoms with Crippen LogP contribution in [0.5, 0.6) is 5.75 Å². The number of aromatic nitrogens is 1. The molecule has 1 fully saturated rings. The lowest BCUT2D eigenvalue weighted by Crippen LogP contribution is -2.45. The van der Waals surface area contributed by atoms with Crippen LogP contribution in [-0.2, 0) is 16.6 Å². The summed E-state index contributed by atoms with van der Waals surface area (Å²) < 4.78 is 59.9. The zero-order valence-electron chi connectivity index (χ0n) is 19.0. The van der Waals surface area contributed by atoms with Crippen LogP contribution in [0.2, 0.25) is 5.02 Å². The monoisotopic (exact) mass is 541 g/mol. The average molecular weight is 542 g/mol. The zero-order chi connectivity index (χ0) is 25.0. The van der Waals surface area contributed by atoms with Gasteiger partial charge in [0, 0.05) is 30.1 Å². The lowest BCUT2D eigenvalue weighted by atomic mass is 9.96. The number of sulfonamides is 1. The van der Waals surface area contributed by atoms with E-state index in [9.17, 15) is 17.2 Å². The van der Waals surface area contributed by atoms with Crippen molar-refractivity contribution in [2.24, 2.45) is 0 Å². The number of nitrogens with one attached hydrogen (secondary N) is 1. The molecule has 1 aliphatic rings. The second-order valence-corrected chi connectivity index (χ2v) is 11.2. The van der Waals surface area contributed by atoms with Crippen molar-refractivity contribution in [3.05, 3.63) is 69.5 Å². The van der Waals surface area contributed by atoms with Crippen molar-refractivity contribution in [1.82, 2.24) is 9.88 Å². The number of halogens is 3. The van der Waals surface area contributed by atoms with Crippen LogP contribution in [0, 0.1) is 0 Å². The maximum absolute atomic E-state index is 13.1. The molecule has 1 aliphatic heterocycles. The summed E-state index contributed by atoms with van der Waals surface area (Å²) in [5, 5.41) is 1.81. The Hall–Kier alpha value is -2.27. The van der Waals surface area contributed by atoms with Gasteiger partial charge in [-0.1, -0.05) is 36.7 Å². The molecule has 2 atom stereocenters. The highest BCUT2D eigenvalue weighted by Gasteiger charge is 2.29. The number of nitrogens with zero attached hydrogens (tertiary/aromatic N) is 2. The third-order valence-electron chi connectivity index (χ3n) is 6.03. The van der Waals surface area contributed by atoms with Crippen LogP contribution in [-0.4, -0.2) is 37.0 Å². The van der Waals surface area contributed by atoms with E-state index in [0.717, 1.165) is 31.4 Å². The maximum atomic E-state index is 13.1. The zero-order valence-corrected chi connectivity index (χ0v) is 21.4. The van der Waals surface area contributed by atoms with Crippen LogP contribution in [0.3, 0.4) is 0 Å². The number of alkyl halides is 2. The molecule has 0 unspecified atom stereocenters. The number of anilines is 1. The Bertz CT molecular complexity index is 1240. The third-order valence-corrected chi connectivity index (χ3v) is 8.26. The van der Waals surface area contributed by atoms with Crippen LogP contribution in [0.15, 0.2) is 58.3 Å². The summed E-state index contributed by atoms with van der Waals surface area (Å²) in [6.07, 6.45) is -0.178. The Morgan fingerprint density at radius 3 is 2.80 bits per heavy atom. The lowest BCUT2D eigenvalue weighted by molar-refractivity contribution is 0.0492. The summed E-state index contributed by atoms with van der Waals surface area (Å²) in [5.41, 5.74) is 2.44. The second kappa shape index (κ2) is 11.2. The standard InChI is InChI=1S/C24H26ClF2N3O3S2/c1-2-18-11-19(8-9-30(18)13-16-4-3-5-17(10-16)24(26)27)33-22-7-6-20(12-21(22)25)35(31,32)29-23-14-34-15-28-23/h3-7,10,12,14-15,18-19,24,29H,2,8-9,11,13H2,1H3/t18-,19+/m1/s1. The van der Waals surface area contributed by atoms with Crippen LogP contribution in [0.4, 0.5) is 14.6 Å². The molecule has 1 N–H and O–H groups in total. The fraction of sp³-hybridized carbons (Fsp3) is 0.375. The first kappa shape index (κ1) is 25.8. The Kier molecular flexibility index (Phi) is 8.26. The highest BCUT2D eigenvalue weighted by Crippen LogP contribution is 2.32. The molecule has 6 nitrogen and oxygen atoms in total. The Balaban J connectivity index is 1.39. The number of ether oxygens (including phenoxy) is 1. The minimum atomic E-state index is -3.81. The van der Waals surface area contributed by atoms with Crippen LogP contribution >= 0.6 is 22.9 Å². The topological polar surface area (TPSA) is 71.5 Å². The Morgan fingerprint density at radius 1 is 1.29 bits per heavy atom. The summed E-state index contributed by atoms with van der Waals surface area (Å²) in [4.78, 5) is 6.26. The number of rotatable bonds is 9. The Morgan fingerprint density at radius 2 is 2.11 bits per heavy atom. The van der Waals surface area contributed by atoms with E-state index in [1.165, 1.54) is 35.0 Å². The van der Waals surface area contributed by atoms with Crippen LogP contribution in [0.1, 0.15) is 43.7 Å². The van der Waals surface area contributed by atoms with E-state index < -0.39 is 16.4 Å². The summed E-state index contributed by atoms with van der Waals surface area (Å²) in [5.74, 6) is 0.682. The van der Waals surface area contributed by atoms with E-state index in [1.807, 2.05) is 6.07 Å². The number of hydrogen-bond acceptors (Lipinski definition) is 6. The second-order valence-electron chi connectivity index (χ2n) is 8.41. The van der Waals surface area contributed by atoms with E-state index in [0.29, 0.717) is 12.3 Å². The first-order valence-corrected chi connectivity index (χ1v) is 14.0. The van der Waals surface area contributed by atoms with Gasteiger partial charge in [-0.2, -0.15) is 0 Å². The smallest absolute Gasteiger partial charge is 0.263 e. The van der Waals surface area contributed by atoms with Gasteiger partial charge in [-0.15, -0.1) is 11.3 Å². The van der Waals surface area contributed by atoms with Gasteiger partial charge < -0.3 is 4.74 Å². The lowest BCUT2D eigenvalue weighted by Gasteiger charge is -2.39. The maximum Gasteiger partial charge on any atom is 0.263 e. The normalized spacial score (nSPS) is 19.1. The van der Waals surface area contributed by atoms with Crippen molar-refractivity contribution >= 4 is 38.8 Å². The van der Waals surface area contributed by atoms with Gasteiger partial charge in [0.2, 0.25) is 0 Å². The van der Waals surface area contributed by atoms with Gasteiger partial charge >= 0.3 is 0 Å². The minimum absolute atomic E-state index is 0.0233. The fourth-order valence-electron chi connectivity index (χ4n) is 4.25. The Labute approximate surface area is 213 Å². The quantitative estimate of drug-likeness (QED) is 0.341. The largest absolute Gasteiger partial charge is 0.489 e. The first-order valence-electron chi connectivity index (χ1n) is 11.2. The summed E-state index contributed by atoms with van der Waals surface area (Å²) >= 11 is 7.67. The van der Waals surface area contributed by atoms with E-state index in [2.05, 4.69) is 21.5 Å². The molecular weight excluding hydrogens is 516 g/mol. The van der Waals surface area contributed by atoms with Crippen molar-refractivity contribution < 1.29 is 21.9 Å². The molecule has 0 radical (unpaired) electrons. The molecule has 0 bridgehead atoms.